The van der Waals surface area contributed by atoms with Crippen molar-refractivity contribution in [2.45, 2.75) is 19.4 Å². The summed E-state index contributed by atoms with van der Waals surface area (Å²) in [6, 6.07) is 7.59. The largest absolute Gasteiger partial charge is 0.480 e. The van der Waals surface area contributed by atoms with Gasteiger partial charge in [-0.2, -0.15) is 0 Å². The first-order chi connectivity index (χ1) is 10.6. The molecule has 1 unspecified atom stereocenters. The average Bonchev–Trinajstić information content (AvgIpc) is 2.75. The molecule has 1 amide bonds. The van der Waals surface area contributed by atoms with Crippen LogP contribution in [0.5, 0.6) is 5.75 Å². The Morgan fingerprint density at radius 2 is 2.14 bits per heavy atom. The van der Waals surface area contributed by atoms with Gasteiger partial charge in [-0.05, 0) is 41.4 Å². The maximum atomic E-state index is 12.6. The van der Waals surface area contributed by atoms with Crippen molar-refractivity contribution in [3.05, 3.63) is 41.4 Å². The highest BCUT2D eigenvalue weighted by molar-refractivity contribution is 9.10. The monoisotopic (exact) mass is 366 g/mol. The Morgan fingerprint density at radius 3 is 2.86 bits per heavy atom. The van der Waals surface area contributed by atoms with Crippen molar-refractivity contribution in [3.8, 4) is 5.75 Å². The molecule has 1 aromatic carbocycles. The Hall–Kier alpha value is -1.33. The standard InChI is InChI=1S/C17H23BrN2O2/c1-3-9-19-10-6-11-20(13-12-19)17(21)14(2)22-16-8-5-4-7-15(16)18/h3-5,7-8,14H,1,6,9-13H2,2H3. The van der Waals surface area contributed by atoms with Gasteiger partial charge in [0.25, 0.3) is 5.91 Å². The normalized spacial score (nSPS) is 17.6. The molecule has 1 aliphatic heterocycles. The van der Waals surface area contributed by atoms with Gasteiger partial charge in [-0.25, -0.2) is 0 Å². The summed E-state index contributed by atoms with van der Waals surface area (Å²) in [4.78, 5) is 16.8. The van der Waals surface area contributed by atoms with E-state index < -0.39 is 6.10 Å². The second-order valence-electron chi connectivity index (χ2n) is 5.46. The van der Waals surface area contributed by atoms with Gasteiger partial charge in [0.1, 0.15) is 5.75 Å². The SMILES string of the molecule is C=CCN1CCCN(C(=O)C(C)Oc2ccccc2Br)CC1. The summed E-state index contributed by atoms with van der Waals surface area (Å²) in [6.45, 7) is 9.90. The Labute approximate surface area is 140 Å². The number of carbonyl (C=O) groups excluding carboxylic acids is 1. The number of carbonyl (C=O) groups is 1. The number of benzene rings is 1. The van der Waals surface area contributed by atoms with E-state index in [1.807, 2.05) is 42.2 Å². The van der Waals surface area contributed by atoms with Crippen LogP contribution in [-0.2, 0) is 4.79 Å². The number of hydrogen-bond donors (Lipinski definition) is 0. The third-order valence-corrected chi connectivity index (χ3v) is 4.43. The van der Waals surface area contributed by atoms with E-state index in [2.05, 4.69) is 27.4 Å². The minimum Gasteiger partial charge on any atom is -0.480 e. The smallest absolute Gasteiger partial charge is 0.263 e. The molecule has 0 bridgehead atoms. The summed E-state index contributed by atoms with van der Waals surface area (Å²) in [7, 11) is 0. The lowest BCUT2D eigenvalue weighted by atomic mass is 10.3. The predicted molar refractivity (Wildman–Crippen MR) is 92.1 cm³/mol. The van der Waals surface area contributed by atoms with E-state index in [-0.39, 0.29) is 5.91 Å². The van der Waals surface area contributed by atoms with Crippen molar-refractivity contribution in [2.24, 2.45) is 0 Å². The molecule has 0 N–H and O–H groups in total. The zero-order chi connectivity index (χ0) is 15.9. The molecule has 1 aromatic rings. The molecule has 0 radical (unpaired) electrons. The molecule has 0 spiro atoms. The van der Waals surface area contributed by atoms with E-state index in [1.54, 1.807) is 0 Å². The van der Waals surface area contributed by atoms with Crippen molar-refractivity contribution in [1.82, 2.24) is 9.80 Å². The van der Waals surface area contributed by atoms with Gasteiger partial charge < -0.3 is 9.64 Å². The van der Waals surface area contributed by atoms with Crippen LogP contribution in [0.15, 0.2) is 41.4 Å². The molecule has 120 valence electrons. The van der Waals surface area contributed by atoms with Gasteiger partial charge in [0.05, 0.1) is 4.47 Å². The number of rotatable bonds is 5. The summed E-state index contributed by atoms with van der Waals surface area (Å²) in [5, 5.41) is 0. The highest BCUT2D eigenvalue weighted by atomic mass is 79.9. The van der Waals surface area contributed by atoms with Crippen molar-refractivity contribution < 1.29 is 9.53 Å². The van der Waals surface area contributed by atoms with Crippen LogP contribution in [0.1, 0.15) is 13.3 Å². The zero-order valence-corrected chi connectivity index (χ0v) is 14.6. The lowest BCUT2D eigenvalue weighted by Crippen LogP contribution is -2.42. The van der Waals surface area contributed by atoms with Crippen LogP contribution >= 0.6 is 15.9 Å². The summed E-state index contributed by atoms with van der Waals surface area (Å²) in [5.74, 6) is 0.752. The third-order valence-electron chi connectivity index (χ3n) is 3.78. The predicted octanol–water partition coefficient (Wildman–Crippen LogP) is 2.94. The first kappa shape index (κ1) is 17.0. The topological polar surface area (TPSA) is 32.8 Å². The Morgan fingerprint density at radius 1 is 1.36 bits per heavy atom. The first-order valence-corrected chi connectivity index (χ1v) is 8.44. The summed E-state index contributed by atoms with van der Waals surface area (Å²) < 4.78 is 6.67. The third kappa shape index (κ3) is 4.58. The fourth-order valence-electron chi connectivity index (χ4n) is 2.59. The van der Waals surface area contributed by atoms with Crippen molar-refractivity contribution in [1.29, 1.82) is 0 Å². The van der Waals surface area contributed by atoms with E-state index in [0.717, 1.165) is 43.6 Å². The lowest BCUT2D eigenvalue weighted by Gasteiger charge is -2.25. The number of nitrogens with zero attached hydrogens (tertiary/aromatic N) is 2. The van der Waals surface area contributed by atoms with E-state index in [4.69, 9.17) is 4.74 Å². The van der Waals surface area contributed by atoms with Crippen LogP contribution in [-0.4, -0.2) is 54.5 Å². The fraction of sp³-hybridized carbons (Fsp3) is 0.471. The first-order valence-electron chi connectivity index (χ1n) is 7.65. The minimum atomic E-state index is -0.482. The highest BCUT2D eigenvalue weighted by Gasteiger charge is 2.24. The molecule has 1 atom stereocenters. The Kier molecular flexibility index (Phi) is 6.46. The van der Waals surface area contributed by atoms with Gasteiger partial charge in [-0.1, -0.05) is 18.2 Å². The molecule has 0 aromatic heterocycles. The Balaban J connectivity index is 1.93. The zero-order valence-electron chi connectivity index (χ0n) is 13.0. The van der Waals surface area contributed by atoms with Gasteiger partial charge >= 0.3 is 0 Å². The van der Waals surface area contributed by atoms with Crippen LogP contribution in [0.3, 0.4) is 0 Å². The summed E-state index contributed by atoms with van der Waals surface area (Å²) in [6.07, 6.45) is 2.42. The van der Waals surface area contributed by atoms with Crippen molar-refractivity contribution in [2.75, 3.05) is 32.7 Å². The molecule has 0 saturated carbocycles. The van der Waals surface area contributed by atoms with E-state index in [9.17, 15) is 4.79 Å². The molecule has 0 aliphatic carbocycles. The maximum absolute atomic E-state index is 12.6. The summed E-state index contributed by atoms with van der Waals surface area (Å²) >= 11 is 3.44. The number of hydrogen-bond acceptors (Lipinski definition) is 3. The maximum Gasteiger partial charge on any atom is 0.263 e. The van der Waals surface area contributed by atoms with Crippen LogP contribution in [0.4, 0.5) is 0 Å². The van der Waals surface area contributed by atoms with Crippen LogP contribution in [0.2, 0.25) is 0 Å². The van der Waals surface area contributed by atoms with Crippen LogP contribution < -0.4 is 4.74 Å². The van der Waals surface area contributed by atoms with Crippen molar-refractivity contribution in [3.63, 3.8) is 0 Å². The molecule has 4 nitrogen and oxygen atoms in total. The highest BCUT2D eigenvalue weighted by Crippen LogP contribution is 2.25. The second-order valence-corrected chi connectivity index (χ2v) is 6.31. The minimum absolute atomic E-state index is 0.0520. The number of ether oxygens (including phenoxy) is 1. The second kappa shape index (κ2) is 8.34. The lowest BCUT2D eigenvalue weighted by molar-refractivity contribution is -0.137. The molecule has 1 heterocycles. The molecule has 2 rings (SSSR count). The molecular formula is C17H23BrN2O2. The Bertz CT molecular complexity index is 521. The number of halogens is 1. The molecule has 22 heavy (non-hydrogen) atoms. The van der Waals surface area contributed by atoms with Crippen molar-refractivity contribution >= 4 is 21.8 Å². The van der Waals surface area contributed by atoms with Gasteiger partial charge in [0.2, 0.25) is 0 Å². The molecule has 1 saturated heterocycles. The van der Waals surface area contributed by atoms with E-state index >= 15 is 0 Å². The molecule has 1 aliphatic rings. The van der Waals surface area contributed by atoms with Gasteiger partial charge in [-0.15, -0.1) is 6.58 Å². The fourth-order valence-corrected chi connectivity index (χ4v) is 2.97. The van der Waals surface area contributed by atoms with Crippen LogP contribution in [0, 0.1) is 0 Å². The van der Waals surface area contributed by atoms with Gasteiger partial charge in [0.15, 0.2) is 6.10 Å². The quantitative estimate of drug-likeness (QED) is 0.751. The average molecular weight is 367 g/mol. The van der Waals surface area contributed by atoms with Crippen LogP contribution in [0.25, 0.3) is 0 Å². The van der Waals surface area contributed by atoms with E-state index in [0.29, 0.717) is 5.75 Å². The molecular weight excluding hydrogens is 344 g/mol. The molecule has 1 fully saturated rings. The van der Waals surface area contributed by atoms with E-state index in [1.165, 1.54) is 0 Å². The molecule has 5 heteroatoms. The van der Waals surface area contributed by atoms with Gasteiger partial charge in [0, 0.05) is 32.7 Å². The van der Waals surface area contributed by atoms with Gasteiger partial charge in [-0.3, -0.25) is 9.69 Å². The number of amides is 1. The number of para-hydroxylation sites is 1. The summed E-state index contributed by atoms with van der Waals surface area (Å²) in [5.41, 5.74) is 0.